The number of carbonyl (C=O) groups is 2. The van der Waals surface area contributed by atoms with Gasteiger partial charge < -0.3 is 20.4 Å². The normalized spacial score (nSPS) is 10.3. The number of rotatable bonds is 7. The number of anilines is 2. The summed E-state index contributed by atoms with van der Waals surface area (Å²) in [6.45, 7) is 2.48. The van der Waals surface area contributed by atoms with Crippen LogP contribution in [0.15, 0.2) is 42.5 Å². The van der Waals surface area contributed by atoms with Gasteiger partial charge in [0.05, 0.1) is 0 Å². The van der Waals surface area contributed by atoms with E-state index in [4.69, 9.17) is 0 Å². The first-order valence-electron chi connectivity index (χ1n) is 9.41. The van der Waals surface area contributed by atoms with Crippen LogP contribution in [0.5, 0.6) is 0 Å². The highest BCUT2D eigenvalue weighted by atomic mass is 16.2. The van der Waals surface area contributed by atoms with E-state index in [-0.39, 0.29) is 11.9 Å². The van der Waals surface area contributed by atoms with Gasteiger partial charge >= 0.3 is 6.03 Å². The first-order chi connectivity index (χ1) is 13.3. The number of hydrogen-bond donors (Lipinski definition) is 2. The van der Waals surface area contributed by atoms with Gasteiger partial charge in [-0.25, -0.2) is 4.79 Å². The van der Waals surface area contributed by atoms with E-state index in [9.17, 15) is 9.59 Å². The second kappa shape index (κ2) is 9.78. The van der Waals surface area contributed by atoms with E-state index in [2.05, 4.69) is 39.8 Å². The summed E-state index contributed by atoms with van der Waals surface area (Å²) in [6, 6.07) is 13.5. The Hall–Kier alpha value is -3.02. The van der Waals surface area contributed by atoms with E-state index in [1.807, 2.05) is 27.1 Å². The highest BCUT2D eigenvalue weighted by Crippen LogP contribution is 2.18. The molecule has 6 nitrogen and oxygen atoms in total. The quantitative estimate of drug-likeness (QED) is 0.720. The average molecular weight is 383 g/mol. The van der Waals surface area contributed by atoms with Crippen molar-refractivity contribution in [2.75, 3.05) is 45.0 Å². The van der Waals surface area contributed by atoms with Crippen LogP contribution in [0, 0.1) is 6.92 Å². The Balaban J connectivity index is 1.82. The molecular weight excluding hydrogens is 352 g/mol. The van der Waals surface area contributed by atoms with Gasteiger partial charge in [0.15, 0.2) is 0 Å². The van der Waals surface area contributed by atoms with Crippen LogP contribution < -0.4 is 15.5 Å². The maximum atomic E-state index is 12.2. The lowest BCUT2D eigenvalue weighted by atomic mass is 10.1. The van der Waals surface area contributed by atoms with Gasteiger partial charge in [0.25, 0.3) is 5.91 Å². The van der Waals surface area contributed by atoms with Gasteiger partial charge in [-0.15, -0.1) is 0 Å². The predicted octanol–water partition coefficient (Wildman–Crippen LogP) is 3.52. The summed E-state index contributed by atoms with van der Waals surface area (Å²) in [7, 11) is 7.45. The van der Waals surface area contributed by atoms with E-state index >= 15 is 0 Å². The average Bonchev–Trinajstić information content (AvgIpc) is 2.66. The van der Waals surface area contributed by atoms with Crippen molar-refractivity contribution in [2.45, 2.75) is 19.8 Å². The van der Waals surface area contributed by atoms with Crippen molar-refractivity contribution in [2.24, 2.45) is 0 Å². The van der Waals surface area contributed by atoms with Gasteiger partial charge in [0.1, 0.15) is 0 Å². The number of carbonyl (C=O) groups excluding carboxylic acids is 2. The lowest BCUT2D eigenvalue weighted by Gasteiger charge is -2.14. The Bertz CT molecular complexity index is 814. The lowest BCUT2D eigenvalue weighted by Crippen LogP contribution is -2.30. The van der Waals surface area contributed by atoms with Crippen LogP contribution >= 0.6 is 0 Å². The molecular formula is C22H30N4O2. The fourth-order valence-electron chi connectivity index (χ4n) is 2.77. The van der Waals surface area contributed by atoms with Crippen LogP contribution in [-0.2, 0) is 6.42 Å². The number of amides is 3. The number of aryl methyl sites for hydroxylation is 2. The molecule has 150 valence electrons. The smallest absolute Gasteiger partial charge is 0.319 e. The molecule has 0 spiro atoms. The molecule has 0 fully saturated rings. The summed E-state index contributed by atoms with van der Waals surface area (Å²) in [4.78, 5) is 27.9. The van der Waals surface area contributed by atoms with Crippen molar-refractivity contribution in [1.82, 2.24) is 10.2 Å². The summed E-state index contributed by atoms with van der Waals surface area (Å²) in [5, 5.41) is 5.71. The molecule has 6 heteroatoms. The molecule has 28 heavy (non-hydrogen) atoms. The van der Waals surface area contributed by atoms with E-state index in [1.165, 1.54) is 16.2 Å². The van der Waals surface area contributed by atoms with Gasteiger partial charge in [0, 0.05) is 51.7 Å². The van der Waals surface area contributed by atoms with Crippen LogP contribution in [0.25, 0.3) is 0 Å². The Morgan fingerprint density at radius 1 is 0.964 bits per heavy atom. The molecule has 2 aromatic rings. The minimum absolute atomic E-state index is 0.0938. The Kier molecular flexibility index (Phi) is 7.44. The van der Waals surface area contributed by atoms with Crippen molar-refractivity contribution in [3.05, 3.63) is 59.2 Å². The molecule has 0 atom stereocenters. The molecule has 2 N–H and O–H groups in total. The molecule has 0 aliphatic heterocycles. The molecule has 0 saturated carbocycles. The monoisotopic (exact) mass is 382 g/mol. The van der Waals surface area contributed by atoms with Crippen molar-refractivity contribution in [1.29, 1.82) is 0 Å². The molecule has 0 heterocycles. The largest absolute Gasteiger partial charge is 0.378 e. The van der Waals surface area contributed by atoms with Crippen LogP contribution in [0.1, 0.15) is 27.9 Å². The molecule has 0 aliphatic rings. The third-order valence-corrected chi connectivity index (χ3v) is 4.52. The van der Waals surface area contributed by atoms with Crippen molar-refractivity contribution in [3.8, 4) is 0 Å². The Morgan fingerprint density at radius 2 is 1.64 bits per heavy atom. The Morgan fingerprint density at radius 3 is 2.25 bits per heavy atom. The maximum Gasteiger partial charge on any atom is 0.319 e. The SMILES string of the molecule is Cc1ccc(C(=O)N(C)C)cc1NC(=O)NCCCc1ccc(N(C)C)cc1. The van der Waals surface area contributed by atoms with E-state index in [0.717, 1.165) is 18.4 Å². The minimum Gasteiger partial charge on any atom is -0.378 e. The molecule has 0 bridgehead atoms. The zero-order valence-electron chi connectivity index (χ0n) is 17.4. The minimum atomic E-state index is -0.263. The summed E-state index contributed by atoms with van der Waals surface area (Å²) in [5.74, 6) is -0.0938. The molecule has 0 aromatic heterocycles. The fraction of sp³-hybridized carbons (Fsp3) is 0.364. The number of benzene rings is 2. The number of nitrogens with one attached hydrogen (secondary N) is 2. The zero-order chi connectivity index (χ0) is 20.7. The second-order valence-corrected chi connectivity index (χ2v) is 7.27. The molecule has 0 aliphatic carbocycles. The van der Waals surface area contributed by atoms with Crippen LogP contribution in [-0.4, -0.2) is 51.6 Å². The van der Waals surface area contributed by atoms with E-state index in [1.54, 1.807) is 26.2 Å². The van der Waals surface area contributed by atoms with Gasteiger partial charge in [-0.3, -0.25) is 4.79 Å². The molecule has 2 rings (SSSR count). The van der Waals surface area contributed by atoms with Gasteiger partial charge in [-0.2, -0.15) is 0 Å². The fourth-order valence-corrected chi connectivity index (χ4v) is 2.77. The second-order valence-electron chi connectivity index (χ2n) is 7.27. The van der Waals surface area contributed by atoms with E-state index < -0.39 is 0 Å². The third kappa shape index (κ3) is 6.01. The first-order valence-corrected chi connectivity index (χ1v) is 9.41. The van der Waals surface area contributed by atoms with Crippen LogP contribution in [0.2, 0.25) is 0 Å². The van der Waals surface area contributed by atoms with Crippen LogP contribution in [0.3, 0.4) is 0 Å². The van der Waals surface area contributed by atoms with Crippen LogP contribution in [0.4, 0.5) is 16.2 Å². The van der Waals surface area contributed by atoms with Crippen molar-refractivity contribution >= 4 is 23.3 Å². The topological polar surface area (TPSA) is 64.7 Å². The third-order valence-electron chi connectivity index (χ3n) is 4.52. The molecule has 3 amide bonds. The summed E-state index contributed by atoms with van der Waals surface area (Å²) < 4.78 is 0. The van der Waals surface area contributed by atoms with Gasteiger partial charge in [-0.1, -0.05) is 18.2 Å². The molecule has 0 radical (unpaired) electrons. The highest BCUT2D eigenvalue weighted by Gasteiger charge is 2.11. The zero-order valence-corrected chi connectivity index (χ0v) is 17.4. The lowest BCUT2D eigenvalue weighted by molar-refractivity contribution is 0.0827. The first kappa shape index (κ1) is 21.3. The standard InChI is InChI=1S/C22H30N4O2/c1-16-8-11-18(21(27)26(4)5)15-20(16)24-22(28)23-14-6-7-17-9-12-19(13-10-17)25(2)3/h8-13,15H,6-7,14H2,1-5H3,(H2,23,24,28). The number of hydrogen-bond acceptors (Lipinski definition) is 3. The summed E-state index contributed by atoms with van der Waals surface area (Å²) in [6.07, 6.45) is 1.76. The predicted molar refractivity (Wildman–Crippen MR) is 115 cm³/mol. The highest BCUT2D eigenvalue weighted by molar-refractivity contribution is 5.97. The summed E-state index contributed by atoms with van der Waals surface area (Å²) >= 11 is 0. The van der Waals surface area contributed by atoms with Crippen molar-refractivity contribution < 1.29 is 9.59 Å². The Labute approximate surface area is 167 Å². The number of nitrogens with zero attached hydrogens (tertiary/aromatic N) is 2. The molecule has 0 saturated heterocycles. The van der Waals surface area contributed by atoms with E-state index in [0.29, 0.717) is 17.8 Å². The van der Waals surface area contributed by atoms with Crippen molar-refractivity contribution in [3.63, 3.8) is 0 Å². The maximum absolute atomic E-state index is 12.2. The molecule has 2 aromatic carbocycles. The summed E-state index contributed by atoms with van der Waals surface area (Å²) in [5.41, 5.74) is 4.52. The molecule has 0 unspecified atom stereocenters. The van der Waals surface area contributed by atoms with Gasteiger partial charge in [-0.05, 0) is 55.2 Å². The number of urea groups is 1. The van der Waals surface area contributed by atoms with Gasteiger partial charge in [0.2, 0.25) is 0 Å².